The number of rotatable bonds is 8. The van der Waals surface area contributed by atoms with E-state index in [0.29, 0.717) is 12.8 Å². The summed E-state index contributed by atoms with van der Waals surface area (Å²) in [6.07, 6.45) is 1.05. The van der Waals surface area contributed by atoms with Gasteiger partial charge in [0.2, 0.25) is 5.91 Å². The highest BCUT2D eigenvalue weighted by Gasteiger charge is 2.31. The van der Waals surface area contributed by atoms with Crippen molar-refractivity contribution in [3.63, 3.8) is 0 Å². The van der Waals surface area contributed by atoms with Crippen LogP contribution in [0, 0.1) is 0 Å². The van der Waals surface area contributed by atoms with E-state index in [1.807, 2.05) is 74.5 Å². The quantitative estimate of drug-likeness (QED) is 0.773. The number of carbonyl (C=O) groups is 2. The maximum atomic E-state index is 12.9. The van der Waals surface area contributed by atoms with E-state index in [4.69, 9.17) is 5.11 Å². The molecule has 0 heterocycles. The number of carbonyl (C=O) groups excluding carboxylic acids is 1. The standard InChI is InChI=1S/C21H25NO3/c1-21(2,17-11-7-4-8-12-17)20(25)22-18(13-14-19(23)24)15-16-9-5-3-6-10-16/h3-12,18H,13-15H2,1-2H3,(H,22,25)(H,23,24). The van der Waals surface area contributed by atoms with Crippen LogP contribution in [0.4, 0.5) is 0 Å². The monoisotopic (exact) mass is 339 g/mol. The second-order valence-corrected chi connectivity index (χ2v) is 6.78. The minimum Gasteiger partial charge on any atom is -0.481 e. The largest absolute Gasteiger partial charge is 0.481 e. The smallest absolute Gasteiger partial charge is 0.303 e. The molecule has 2 rings (SSSR count). The van der Waals surface area contributed by atoms with Crippen LogP contribution in [0.1, 0.15) is 37.8 Å². The van der Waals surface area contributed by atoms with Crippen LogP contribution in [0.5, 0.6) is 0 Å². The van der Waals surface area contributed by atoms with Crippen molar-refractivity contribution in [2.75, 3.05) is 0 Å². The number of carboxylic acid groups (broad SMARTS) is 1. The van der Waals surface area contributed by atoms with Gasteiger partial charge in [0, 0.05) is 12.5 Å². The van der Waals surface area contributed by atoms with Gasteiger partial charge < -0.3 is 10.4 Å². The first-order chi connectivity index (χ1) is 11.9. The number of nitrogens with one attached hydrogen (secondary N) is 1. The average Bonchev–Trinajstić information content (AvgIpc) is 2.61. The SMILES string of the molecule is CC(C)(C(=O)NC(CCC(=O)O)Cc1ccccc1)c1ccccc1. The van der Waals surface area contributed by atoms with E-state index in [-0.39, 0.29) is 18.4 Å². The summed E-state index contributed by atoms with van der Waals surface area (Å²) in [6, 6.07) is 19.2. The van der Waals surface area contributed by atoms with Crippen LogP contribution in [0.2, 0.25) is 0 Å². The molecule has 0 saturated heterocycles. The predicted molar refractivity (Wildman–Crippen MR) is 98.4 cm³/mol. The molecule has 0 radical (unpaired) electrons. The topological polar surface area (TPSA) is 66.4 Å². The molecule has 25 heavy (non-hydrogen) atoms. The molecule has 1 atom stereocenters. The Kier molecular flexibility index (Phi) is 6.34. The minimum atomic E-state index is -0.852. The maximum absolute atomic E-state index is 12.9. The zero-order chi connectivity index (χ0) is 18.3. The summed E-state index contributed by atoms with van der Waals surface area (Å²) in [7, 11) is 0. The molecule has 0 aliphatic carbocycles. The molecule has 0 aliphatic rings. The molecule has 2 aromatic rings. The van der Waals surface area contributed by atoms with Crippen LogP contribution in [0.3, 0.4) is 0 Å². The van der Waals surface area contributed by atoms with Crippen molar-refractivity contribution in [1.82, 2.24) is 5.32 Å². The summed E-state index contributed by atoms with van der Waals surface area (Å²) in [5, 5.41) is 12.0. The van der Waals surface area contributed by atoms with E-state index in [9.17, 15) is 9.59 Å². The Morgan fingerprint density at radius 3 is 2.12 bits per heavy atom. The Bertz CT molecular complexity index is 696. The van der Waals surface area contributed by atoms with E-state index in [2.05, 4.69) is 5.32 Å². The van der Waals surface area contributed by atoms with Crippen molar-refractivity contribution in [3.8, 4) is 0 Å². The average molecular weight is 339 g/mol. The Morgan fingerprint density at radius 1 is 1.00 bits per heavy atom. The van der Waals surface area contributed by atoms with Gasteiger partial charge in [-0.15, -0.1) is 0 Å². The number of hydrogen-bond donors (Lipinski definition) is 2. The molecule has 2 N–H and O–H groups in total. The second kappa shape index (κ2) is 8.47. The molecule has 1 unspecified atom stereocenters. The highest BCUT2D eigenvalue weighted by atomic mass is 16.4. The fourth-order valence-corrected chi connectivity index (χ4v) is 2.77. The lowest BCUT2D eigenvalue weighted by molar-refractivity contribution is -0.137. The van der Waals surface area contributed by atoms with Crippen molar-refractivity contribution in [2.24, 2.45) is 0 Å². The van der Waals surface area contributed by atoms with Gasteiger partial charge in [-0.1, -0.05) is 60.7 Å². The minimum absolute atomic E-state index is 0.0313. The van der Waals surface area contributed by atoms with Crippen molar-refractivity contribution >= 4 is 11.9 Å². The molecule has 0 bridgehead atoms. The summed E-state index contributed by atoms with van der Waals surface area (Å²) in [5.41, 5.74) is 1.33. The molecule has 0 saturated carbocycles. The number of hydrogen-bond acceptors (Lipinski definition) is 2. The molecule has 0 aliphatic heterocycles. The van der Waals surface area contributed by atoms with Gasteiger partial charge >= 0.3 is 5.97 Å². The van der Waals surface area contributed by atoms with Gasteiger partial charge in [-0.2, -0.15) is 0 Å². The zero-order valence-electron chi connectivity index (χ0n) is 14.7. The molecular weight excluding hydrogens is 314 g/mol. The van der Waals surface area contributed by atoms with Crippen LogP contribution in [-0.4, -0.2) is 23.0 Å². The third-order valence-corrected chi connectivity index (χ3v) is 4.43. The summed E-state index contributed by atoms with van der Waals surface area (Å²) in [4.78, 5) is 23.8. The molecule has 0 spiro atoms. The number of amides is 1. The fraction of sp³-hybridized carbons (Fsp3) is 0.333. The van der Waals surface area contributed by atoms with Crippen molar-refractivity contribution < 1.29 is 14.7 Å². The van der Waals surface area contributed by atoms with Gasteiger partial charge in [-0.3, -0.25) is 9.59 Å². The van der Waals surface area contributed by atoms with E-state index >= 15 is 0 Å². The molecule has 4 heteroatoms. The van der Waals surface area contributed by atoms with E-state index in [1.165, 1.54) is 0 Å². The Balaban J connectivity index is 2.11. The lowest BCUT2D eigenvalue weighted by Gasteiger charge is -2.28. The van der Waals surface area contributed by atoms with Gasteiger partial charge in [-0.25, -0.2) is 0 Å². The number of aliphatic carboxylic acids is 1. The van der Waals surface area contributed by atoms with Gasteiger partial charge in [0.05, 0.1) is 5.41 Å². The second-order valence-electron chi connectivity index (χ2n) is 6.78. The summed E-state index contributed by atoms with van der Waals surface area (Å²) in [5.74, 6) is -0.945. The van der Waals surface area contributed by atoms with Crippen LogP contribution in [0.25, 0.3) is 0 Å². The van der Waals surface area contributed by atoms with Gasteiger partial charge in [0.25, 0.3) is 0 Å². The Labute approximate surface area is 148 Å². The van der Waals surface area contributed by atoms with E-state index in [1.54, 1.807) is 0 Å². The zero-order valence-corrected chi connectivity index (χ0v) is 14.7. The summed E-state index contributed by atoms with van der Waals surface area (Å²) in [6.45, 7) is 3.77. The molecule has 2 aromatic carbocycles. The molecule has 132 valence electrons. The van der Waals surface area contributed by atoms with Crippen LogP contribution in [-0.2, 0) is 21.4 Å². The van der Waals surface area contributed by atoms with E-state index < -0.39 is 11.4 Å². The molecule has 4 nitrogen and oxygen atoms in total. The fourth-order valence-electron chi connectivity index (χ4n) is 2.77. The lowest BCUT2D eigenvalue weighted by Crippen LogP contribution is -2.46. The van der Waals surface area contributed by atoms with E-state index in [0.717, 1.165) is 11.1 Å². The lowest BCUT2D eigenvalue weighted by atomic mass is 9.83. The highest BCUT2D eigenvalue weighted by molar-refractivity contribution is 5.87. The number of benzene rings is 2. The van der Waals surface area contributed by atoms with Crippen LogP contribution < -0.4 is 5.32 Å². The summed E-state index contributed by atoms with van der Waals surface area (Å²) >= 11 is 0. The first kappa shape index (κ1) is 18.7. The molecule has 0 fully saturated rings. The highest BCUT2D eigenvalue weighted by Crippen LogP contribution is 2.23. The van der Waals surface area contributed by atoms with Gasteiger partial charge in [-0.05, 0) is 37.8 Å². The first-order valence-electron chi connectivity index (χ1n) is 8.52. The Morgan fingerprint density at radius 2 is 1.56 bits per heavy atom. The van der Waals surface area contributed by atoms with Gasteiger partial charge in [0.1, 0.15) is 0 Å². The predicted octanol–water partition coefficient (Wildman–Crippen LogP) is 3.56. The normalized spacial score (nSPS) is 12.4. The van der Waals surface area contributed by atoms with Crippen molar-refractivity contribution in [3.05, 3.63) is 71.8 Å². The van der Waals surface area contributed by atoms with Crippen molar-refractivity contribution in [2.45, 2.75) is 44.6 Å². The van der Waals surface area contributed by atoms with Crippen LogP contribution in [0.15, 0.2) is 60.7 Å². The first-order valence-corrected chi connectivity index (χ1v) is 8.52. The van der Waals surface area contributed by atoms with Crippen molar-refractivity contribution in [1.29, 1.82) is 0 Å². The molecular formula is C21H25NO3. The maximum Gasteiger partial charge on any atom is 0.303 e. The molecule has 0 aromatic heterocycles. The summed E-state index contributed by atoms with van der Waals surface area (Å²) < 4.78 is 0. The Hall–Kier alpha value is -2.62. The number of carboxylic acids is 1. The third-order valence-electron chi connectivity index (χ3n) is 4.43. The third kappa shape index (κ3) is 5.45. The van der Waals surface area contributed by atoms with Gasteiger partial charge in [0.15, 0.2) is 0 Å². The molecule has 1 amide bonds. The van der Waals surface area contributed by atoms with Crippen LogP contribution >= 0.6 is 0 Å².